The number of benzene rings is 1. The van der Waals surface area contributed by atoms with Crippen LogP contribution in [0.1, 0.15) is 12.5 Å². The van der Waals surface area contributed by atoms with Crippen LogP contribution in [0.3, 0.4) is 0 Å². The highest BCUT2D eigenvalue weighted by Gasteiger charge is 2.08. The van der Waals surface area contributed by atoms with Crippen LogP contribution in [0, 0.1) is 0 Å². The molecule has 2 N–H and O–H groups in total. The molecule has 0 saturated carbocycles. The van der Waals surface area contributed by atoms with E-state index in [2.05, 4.69) is 0 Å². The van der Waals surface area contributed by atoms with Crippen molar-refractivity contribution in [1.82, 2.24) is 0 Å². The van der Waals surface area contributed by atoms with Gasteiger partial charge in [-0.2, -0.15) is 0 Å². The minimum absolute atomic E-state index is 0.517. The first-order valence-electron chi connectivity index (χ1n) is 3.83. The lowest BCUT2D eigenvalue weighted by molar-refractivity contribution is 0.426. The lowest BCUT2D eigenvalue weighted by Gasteiger charge is -1.98. The van der Waals surface area contributed by atoms with Gasteiger partial charge >= 0.3 is 7.12 Å². The Bertz CT molecular complexity index is 264. The predicted octanol–water partition coefficient (Wildman–Crippen LogP) is 0.400. The average Bonchev–Trinajstić information content (AvgIpc) is 2.06. The number of allylic oxidation sites excluding steroid dienone is 1. The van der Waals surface area contributed by atoms with Gasteiger partial charge in [-0.05, 0) is 17.9 Å². The Hall–Kier alpha value is -1.06. The highest BCUT2D eigenvalue weighted by molar-refractivity contribution is 6.58. The summed E-state index contributed by atoms with van der Waals surface area (Å²) in [6, 6.07) is 7.07. The summed E-state index contributed by atoms with van der Waals surface area (Å²) in [4.78, 5) is 0. The lowest BCUT2D eigenvalue weighted by Crippen LogP contribution is -2.29. The van der Waals surface area contributed by atoms with Gasteiger partial charge in [0.1, 0.15) is 0 Å². The molecule has 0 atom stereocenters. The van der Waals surface area contributed by atoms with Crippen molar-refractivity contribution >= 4 is 18.7 Å². The SMILES string of the molecule is C/C=C/c1ccc(B(O)O)cc1. The first kappa shape index (κ1) is 9.04. The van der Waals surface area contributed by atoms with Crippen molar-refractivity contribution in [2.75, 3.05) is 0 Å². The molecule has 0 unspecified atom stereocenters. The molecule has 0 amide bonds. The molecule has 1 aromatic rings. The molecule has 0 fully saturated rings. The summed E-state index contributed by atoms with van der Waals surface area (Å²) >= 11 is 0. The Morgan fingerprint density at radius 2 is 1.75 bits per heavy atom. The van der Waals surface area contributed by atoms with Crippen molar-refractivity contribution in [1.29, 1.82) is 0 Å². The van der Waals surface area contributed by atoms with Gasteiger partial charge in [0.2, 0.25) is 0 Å². The highest BCUT2D eigenvalue weighted by Crippen LogP contribution is 1.99. The standard InChI is InChI=1S/C9H11BO2/c1-2-3-8-4-6-9(7-5-8)10(11)12/h2-7,11-12H,1H3/b3-2+. The molecular formula is C9H11BO2. The molecule has 0 aliphatic rings. The van der Waals surface area contributed by atoms with E-state index in [0.29, 0.717) is 5.46 Å². The Morgan fingerprint density at radius 1 is 1.17 bits per heavy atom. The van der Waals surface area contributed by atoms with E-state index < -0.39 is 7.12 Å². The first-order valence-corrected chi connectivity index (χ1v) is 3.83. The largest absolute Gasteiger partial charge is 0.488 e. The van der Waals surface area contributed by atoms with Gasteiger partial charge < -0.3 is 10.0 Å². The molecule has 0 aliphatic heterocycles. The molecule has 0 saturated heterocycles. The zero-order valence-electron chi connectivity index (χ0n) is 6.94. The van der Waals surface area contributed by atoms with Crippen LogP contribution in [-0.4, -0.2) is 17.2 Å². The van der Waals surface area contributed by atoms with Crippen LogP contribution >= 0.6 is 0 Å². The molecule has 3 heteroatoms. The molecule has 1 aromatic carbocycles. The fourth-order valence-corrected chi connectivity index (χ4v) is 0.972. The van der Waals surface area contributed by atoms with Crippen LogP contribution in [0.15, 0.2) is 30.3 Å². The van der Waals surface area contributed by atoms with Gasteiger partial charge in [-0.15, -0.1) is 0 Å². The maximum atomic E-state index is 8.78. The van der Waals surface area contributed by atoms with Crippen molar-refractivity contribution in [3.8, 4) is 0 Å². The van der Waals surface area contributed by atoms with Crippen LogP contribution in [0.5, 0.6) is 0 Å². The third kappa shape index (κ3) is 2.22. The van der Waals surface area contributed by atoms with Gasteiger partial charge in [-0.3, -0.25) is 0 Å². The summed E-state index contributed by atoms with van der Waals surface area (Å²) in [6.07, 6.45) is 3.89. The van der Waals surface area contributed by atoms with Gasteiger partial charge in [0.15, 0.2) is 0 Å². The molecule has 0 spiro atoms. The second-order valence-corrected chi connectivity index (χ2v) is 2.54. The van der Waals surface area contributed by atoms with Crippen molar-refractivity contribution in [2.24, 2.45) is 0 Å². The minimum atomic E-state index is -1.37. The maximum absolute atomic E-state index is 8.78. The molecule has 12 heavy (non-hydrogen) atoms. The van der Waals surface area contributed by atoms with Gasteiger partial charge in [0, 0.05) is 0 Å². The molecule has 2 nitrogen and oxygen atoms in total. The maximum Gasteiger partial charge on any atom is 0.488 e. The van der Waals surface area contributed by atoms with Crippen LogP contribution in [0.2, 0.25) is 0 Å². The monoisotopic (exact) mass is 162 g/mol. The smallest absolute Gasteiger partial charge is 0.423 e. The Morgan fingerprint density at radius 3 is 2.17 bits per heavy atom. The van der Waals surface area contributed by atoms with E-state index >= 15 is 0 Å². The van der Waals surface area contributed by atoms with E-state index in [-0.39, 0.29) is 0 Å². The van der Waals surface area contributed by atoms with Crippen LogP contribution in [-0.2, 0) is 0 Å². The third-order valence-electron chi connectivity index (χ3n) is 1.59. The van der Waals surface area contributed by atoms with E-state index in [1.807, 2.05) is 31.2 Å². The first-order chi connectivity index (χ1) is 5.74. The van der Waals surface area contributed by atoms with Gasteiger partial charge in [-0.25, -0.2) is 0 Å². The van der Waals surface area contributed by atoms with Crippen molar-refractivity contribution in [2.45, 2.75) is 6.92 Å². The molecule has 0 aliphatic carbocycles. The Labute approximate surface area is 72.3 Å². The molecule has 0 radical (unpaired) electrons. The number of rotatable bonds is 2. The lowest BCUT2D eigenvalue weighted by atomic mass is 9.80. The van der Waals surface area contributed by atoms with Crippen molar-refractivity contribution < 1.29 is 10.0 Å². The quantitative estimate of drug-likeness (QED) is 0.618. The highest BCUT2D eigenvalue weighted by atomic mass is 16.4. The summed E-state index contributed by atoms with van der Waals surface area (Å²) in [7, 11) is -1.37. The zero-order valence-corrected chi connectivity index (χ0v) is 6.94. The second-order valence-electron chi connectivity index (χ2n) is 2.54. The molecular weight excluding hydrogens is 151 g/mol. The van der Waals surface area contributed by atoms with Gasteiger partial charge in [-0.1, -0.05) is 36.4 Å². The van der Waals surface area contributed by atoms with E-state index in [9.17, 15) is 0 Å². The van der Waals surface area contributed by atoms with E-state index in [1.165, 1.54) is 0 Å². The third-order valence-corrected chi connectivity index (χ3v) is 1.59. The van der Waals surface area contributed by atoms with Crippen LogP contribution in [0.4, 0.5) is 0 Å². The van der Waals surface area contributed by atoms with E-state index in [1.54, 1.807) is 12.1 Å². The van der Waals surface area contributed by atoms with E-state index in [4.69, 9.17) is 10.0 Å². The summed E-state index contributed by atoms with van der Waals surface area (Å²) in [6.45, 7) is 1.94. The molecule has 0 bridgehead atoms. The fourth-order valence-electron chi connectivity index (χ4n) is 0.972. The number of hydrogen-bond donors (Lipinski definition) is 2. The normalized spacial score (nSPS) is 10.6. The predicted molar refractivity (Wildman–Crippen MR) is 51.0 cm³/mol. The van der Waals surface area contributed by atoms with Crippen molar-refractivity contribution in [3.63, 3.8) is 0 Å². The second kappa shape index (κ2) is 4.09. The van der Waals surface area contributed by atoms with E-state index in [0.717, 1.165) is 5.56 Å². The Balaban J connectivity index is 2.85. The minimum Gasteiger partial charge on any atom is -0.423 e. The van der Waals surface area contributed by atoms with Crippen molar-refractivity contribution in [3.05, 3.63) is 35.9 Å². The molecule has 0 aromatic heterocycles. The average molecular weight is 162 g/mol. The van der Waals surface area contributed by atoms with Crippen LogP contribution < -0.4 is 5.46 Å². The summed E-state index contributed by atoms with van der Waals surface area (Å²) in [5.41, 5.74) is 1.57. The van der Waals surface area contributed by atoms with Crippen LogP contribution in [0.25, 0.3) is 6.08 Å². The van der Waals surface area contributed by atoms with Gasteiger partial charge in [0.25, 0.3) is 0 Å². The van der Waals surface area contributed by atoms with Gasteiger partial charge in [0.05, 0.1) is 0 Å². The topological polar surface area (TPSA) is 40.5 Å². The molecule has 62 valence electrons. The summed E-state index contributed by atoms with van der Waals surface area (Å²) in [5, 5.41) is 17.6. The Kier molecular flexibility index (Phi) is 3.08. The number of hydrogen-bond acceptors (Lipinski definition) is 2. The summed E-state index contributed by atoms with van der Waals surface area (Å²) in [5.74, 6) is 0. The molecule has 0 heterocycles. The zero-order chi connectivity index (χ0) is 8.97. The molecule has 1 rings (SSSR count). The fraction of sp³-hybridized carbons (Fsp3) is 0.111. The summed E-state index contributed by atoms with van der Waals surface area (Å²) < 4.78 is 0.